The molecular formula is C4H15F3O3SSi3. The van der Waals surface area contributed by atoms with Gasteiger partial charge >= 0.3 is 15.6 Å². The fourth-order valence-electron chi connectivity index (χ4n) is 0. The molecule has 0 saturated heterocycles. The summed E-state index contributed by atoms with van der Waals surface area (Å²) >= 11 is 0. The van der Waals surface area contributed by atoms with Gasteiger partial charge in [0.05, 0.1) is 0 Å². The number of hydrogen-bond donors (Lipinski definition) is 1. The maximum absolute atomic E-state index is 10.7. The van der Waals surface area contributed by atoms with Crippen molar-refractivity contribution in [1.82, 2.24) is 0 Å². The average Bonchev–Trinajstić information content (AvgIpc) is 1.82. The van der Waals surface area contributed by atoms with Crippen LogP contribution in [0.15, 0.2) is 0 Å². The van der Waals surface area contributed by atoms with Gasteiger partial charge in [0.1, 0.15) is 0 Å². The van der Waals surface area contributed by atoms with Crippen LogP contribution in [0.3, 0.4) is 0 Å². The average molecular weight is 284 g/mol. The van der Waals surface area contributed by atoms with Gasteiger partial charge in [-0.15, -0.1) is 0 Å². The van der Waals surface area contributed by atoms with Crippen LogP contribution in [-0.4, -0.2) is 44.4 Å². The molecule has 1 N–H and O–H groups in total. The van der Waals surface area contributed by atoms with E-state index in [9.17, 15) is 13.2 Å². The molecule has 0 aromatic heterocycles. The van der Waals surface area contributed by atoms with Gasteiger partial charge < -0.3 is 0 Å². The monoisotopic (exact) mass is 284 g/mol. The van der Waals surface area contributed by atoms with E-state index < -0.39 is 23.2 Å². The van der Waals surface area contributed by atoms with Gasteiger partial charge in [0.2, 0.25) is 0 Å². The Morgan fingerprint density at radius 3 is 1.43 bits per heavy atom. The molecule has 0 amide bonds. The molecule has 3 nitrogen and oxygen atoms in total. The van der Waals surface area contributed by atoms with Gasteiger partial charge in [-0.05, 0) is 9.76 Å². The first-order chi connectivity index (χ1) is 5.81. The van der Waals surface area contributed by atoms with E-state index in [-0.39, 0.29) is 0 Å². The minimum atomic E-state index is -5.84. The molecule has 0 unspecified atom stereocenters. The normalized spacial score (nSPS) is 14.2. The lowest BCUT2D eigenvalue weighted by Gasteiger charge is -2.08. The summed E-state index contributed by atoms with van der Waals surface area (Å²) in [5.74, 6) is 0. The topological polar surface area (TPSA) is 54.4 Å². The number of hydrogen-bond acceptors (Lipinski definition) is 2. The van der Waals surface area contributed by atoms with Crippen LogP contribution in [0.2, 0.25) is 19.6 Å². The first kappa shape index (κ1) is 16.8. The van der Waals surface area contributed by atoms with Crippen LogP contribution >= 0.6 is 0 Å². The predicted octanol–water partition coefficient (Wildman–Crippen LogP) is -0.335. The zero-order chi connectivity index (χ0) is 12.2. The molecule has 0 bridgehead atoms. The van der Waals surface area contributed by atoms with E-state index >= 15 is 0 Å². The minimum absolute atomic E-state index is 0.431. The molecule has 10 heteroatoms. The number of halogens is 3. The lowest BCUT2D eigenvalue weighted by molar-refractivity contribution is -0.0510. The zero-order valence-electron chi connectivity index (χ0n) is 8.51. The van der Waals surface area contributed by atoms with E-state index in [0.29, 0.717) is 8.55 Å². The molecule has 0 spiro atoms. The summed E-state index contributed by atoms with van der Waals surface area (Å²) in [6.45, 7) is 7.44. The summed E-state index contributed by atoms with van der Waals surface area (Å²) < 4.78 is 57.5. The third-order valence-corrected chi connectivity index (χ3v) is 29.5. The molecular weight excluding hydrogens is 269 g/mol. The second kappa shape index (κ2) is 5.44. The van der Waals surface area contributed by atoms with Crippen LogP contribution in [0.4, 0.5) is 13.2 Å². The second-order valence-electron chi connectivity index (χ2n) is 3.84. The maximum atomic E-state index is 10.7. The summed E-state index contributed by atoms with van der Waals surface area (Å²) in [6.07, 6.45) is 0. The Hall–Kier alpha value is 0.351. The Kier molecular flexibility index (Phi) is 6.51. The van der Waals surface area contributed by atoms with Crippen molar-refractivity contribution in [3.8, 4) is 0 Å². The van der Waals surface area contributed by atoms with Gasteiger partial charge in [-0.2, -0.15) is 21.6 Å². The molecule has 0 aliphatic heterocycles. The van der Waals surface area contributed by atoms with Gasteiger partial charge in [-0.25, -0.2) is 0 Å². The van der Waals surface area contributed by atoms with E-state index in [1.54, 1.807) is 9.76 Å². The Labute approximate surface area is 87.7 Å². The van der Waals surface area contributed by atoms with Gasteiger partial charge in [-0.1, -0.05) is 19.6 Å². The van der Waals surface area contributed by atoms with Crippen LogP contribution in [0.25, 0.3) is 0 Å². The number of rotatable bonds is 1. The van der Waals surface area contributed by atoms with Crippen LogP contribution < -0.4 is 0 Å². The van der Waals surface area contributed by atoms with Gasteiger partial charge in [0.15, 0.2) is 0 Å². The Morgan fingerprint density at radius 1 is 1.29 bits per heavy atom. The van der Waals surface area contributed by atoms with Crippen molar-refractivity contribution in [2.24, 2.45) is 0 Å². The quantitative estimate of drug-likeness (QED) is 0.407. The number of alkyl halides is 3. The van der Waals surface area contributed by atoms with Crippen molar-refractivity contribution in [1.29, 1.82) is 0 Å². The molecule has 0 radical (unpaired) electrons. The highest BCUT2D eigenvalue weighted by atomic mass is 32.2. The highest BCUT2D eigenvalue weighted by Gasteiger charge is 2.44. The van der Waals surface area contributed by atoms with Crippen molar-refractivity contribution in [2.45, 2.75) is 25.1 Å². The minimum Gasteiger partial charge on any atom is -0.279 e. The molecule has 0 heterocycles. The van der Waals surface area contributed by atoms with Gasteiger partial charge in [0, 0.05) is 16.1 Å². The van der Waals surface area contributed by atoms with Gasteiger partial charge in [-0.3, -0.25) is 4.55 Å². The van der Waals surface area contributed by atoms with Crippen LogP contribution in [0.5, 0.6) is 0 Å². The third-order valence-electron chi connectivity index (χ3n) is 1.35. The highest BCUT2D eigenvalue weighted by Crippen LogP contribution is 2.20. The van der Waals surface area contributed by atoms with E-state index in [4.69, 9.17) is 13.0 Å². The van der Waals surface area contributed by atoms with Gasteiger partial charge in [0.25, 0.3) is 0 Å². The standard InChI is InChI=1S/C3H14Si3.CHF3O3S/c1-6(2,3)5-4;2-1(3,4)8(5,6)7/h5H2,1-4H3;(H,5,6,7). The fraction of sp³-hybridized carbons (Fsp3) is 1.00. The second-order valence-corrected chi connectivity index (χ2v) is 25.9. The van der Waals surface area contributed by atoms with E-state index in [2.05, 4.69) is 19.6 Å². The summed E-state index contributed by atoms with van der Waals surface area (Å²) in [5.41, 5.74) is -5.53. The SMILES string of the molecule is C[Si](C)(C)[SiH2][SiH3].O=S(=O)(O)C(F)(F)F. The van der Waals surface area contributed by atoms with Crippen LogP contribution in [-0.2, 0) is 10.1 Å². The van der Waals surface area contributed by atoms with Crippen molar-refractivity contribution in [2.75, 3.05) is 0 Å². The lowest BCUT2D eigenvalue weighted by Crippen LogP contribution is -2.29. The summed E-state index contributed by atoms with van der Waals surface area (Å²) in [5, 5.41) is 0. The smallest absolute Gasteiger partial charge is 0.279 e. The molecule has 0 atom stereocenters. The molecule has 0 fully saturated rings. The highest BCUT2D eigenvalue weighted by molar-refractivity contribution is 7.86. The van der Waals surface area contributed by atoms with Crippen molar-refractivity contribution >= 4 is 36.0 Å². The molecule has 0 aliphatic carbocycles. The van der Waals surface area contributed by atoms with Crippen molar-refractivity contribution in [3.05, 3.63) is 0 Å². The molecule has 0 aromatic rings. The van der Waals surface area contributed by atoms with E-state index in [1.807, 2.05) is 0 Å². The molecule has 0 aliphatic rings. The first-order valence-corrected chi connectivity index (χ1v) is 16.8. The van der Waals surface area contributed by atoms with Crippen molar-refractivity contribution in [3.63, 3.8) is 0 Å². The first-order valence-electron chi connectivity index (χ1n) is 3.85. The summed E-state index contributed by atoms with van der Waals surface area (Å²) in [6, 6.07) is 0. The summed E-state index contributed by atoms with van der Waals surface area (Å²) in [7, 11) is -4.19. The summed E-state index contributed by atoms with van der Waals surface area (Å²) in [4.78, 5) is 0. The predicted molar refractivity (Wildman–Crippen MR) is 59.4 cm³/mol. The molecule has 14 heavy (non-hydrogen) atoms. The third kappa shape index (κ3) is 10.4. The molecule has 0 saturated carbocycles. The van der Waals surface area contributed by atoms with E-state index in [0.717, 1.165) is 0 Å². The molecule has 0 aromatic carbocycles. The molecule has 88 valence electrons. The van der Waals surface area contributed by atoms with Crippen LogP contribution in [0, 0.1) is 0 Å². The zero-order valence-corrected chi connectivity index (χ0v) is 13.7. The Morgan fingerprint density at radius 2 is 1.43 bits per heavy atom. The lowest BCUT2D eigenvalue weighted by atomic mass is 11.6. The van der Waals surface area contributed by atoms with Crippen molar-refractivity contribution < 1.29 is 26.1 Å². The van der Waals surface area contributed by atoms with Crippen LogP contribution in [0.1, 0.15) is 0 Å². The Bertz CT molecular complexity index is 255. The largest absolute Gasteiger partial charge is 0.522 e. The maximum Gasteiger partial charge on any atom is 0.522 e. The fourth-order valence-corrected chi connectivity index (χ4v) is 0. The Balaban J connectivity index is 0. The van der Waals surface area contributed by atoms with E-state index in [1.165, 1.54) is 0 Å². The molecule has 0 rings (SSSR count).